The number of hydrogen-bond acceptors (Lipinski definition) is 4. The van der Waals surface area contributed by atoms with Crippen LogP contribution in [-0.4, -0.2) is 27.4 Å². The maximum absolute atomic E-state index is 12.2. The first-order chi connectivity index (χ1) is 11.4. The van der Waals surface area contributed by atoms with Gasteiger partial charge in [-0.25, -0.2) is 4.98 Å². The van der Waals surface area contributed by atoms with E-state index in [9.17, 15) is 4.79 Å². The highest BCUT2D eigenvalue weighted by Crippen LogP contribution is 2.16. The van der Waals surface area contributed by atoms with Crippen molar-refractivity contribution in [3.63, 3.8) is 0 Å². The summed E-state index contributed by atoms with van der Waals surface area (Å²) in [5, 5.41) is 6.69. The molecule has 0 bridgehead atoms. The van der Waals surface area contributed by atoms with Gasteiger partial charge in [-0.3, -0.25) is 4.79 Å². The summed E-state index contributed by atoms with van der Waals surface area (Å²) >= 11 is 0. The molecule has 0 radical (unpaired) electrons. The predicted molar refractivity (Wildman–Crippen MR) is 93.7 cm³/mol. The van der Waals surface area contributed by atoms with Gasteiger partial charge in [-0.1, -0.05) is 22.9 Å². The number of nitrogens with two attached hydrogens (primary N) is 1. The minimum absolute atomic E-state index is 0.206. The second-order valence-corrected chi connectivity index (χ2v) is 5.76. The summed E-state index contributed by atoms with van der Waals surface area (Å²) < 4.78 is 1.79. The topological polar surface area (TPSA) is 94.5 Å². The molecule has 2 atom stereocenters. The number of rotatable bonds is 6. The lowest BCUT2D eigenvalue weighted by atomic mass is 10.1. The van der Waals surface area contributed by atoms with Gasteiger partial charge in [-0.2, -0.15) is 0 Å². The number of imidazole rings is 1. The molecule has 0 aliphatic heterocycles. The van der Waals surface area contributed by atoms with E-state index in [1.165, 1.54) is 0 Å². The van der Waals surface area contributed by atoms with E-state index < -0.39 is 6.10 Å². The fraction of sp³-hybridized carbons (Fsp3) is 0.353. The Bertz CT molecular complexity index is 725. The van der Waals surface area contributed by atoms with E-state index in [1.807, 2.05) is 39.0 Å². The van der Waals surface area contributed by atoms with Gasteiger partial charge in [0, 0.05) is 18.1 Å². The van der Waals surface area contributed by atoms with Crippen LogP contribution in [0.3, 0.4) is 0 Å². The number of hydrogen-bond donors (Lipinski definition) is 2. The molecule has 1 amide bonds. The highest BCUT2D eigenvalue weighted by Gasteiger charge is 2.16. The summed E-state index contributed by atoms with van der Waals surface area (Å²) in [4.78, 5) is 21.4. The summed E-state index contributed by atoms with van der Waals surface area (Å²) in [6, 6.07) is 5.61. The van der Waals surface area contributed by atoms with Crippen LogP contribution < -0.4 is 11.1 Å². The summed E-state index contributed by atoms with van der Waals surface area (Å²) in [7, 11) is 0. The smallest absolute Gasteiger partial charge is 0.267 e. The van der Waals surface area contributed by atoms with Crippen molar-refractivity contribution >= 4 is 17.4 Å². The monoisotopic (exact) mass is 329 g/mol. The van der Waals surface area contributed by atoms with Crippen LogP contribution >= 0.6 is 0 Å². The van der Waals surface area contributed by atoms with Crippen LogP contribution in [-0.2, 0) is 9.63 Å². The molecule has 0 saturated carbocycles. The Morgan fingerprint density at radius 1 is 1.38 bits per heavy atom. The van der Waals surface area contributed by atoms with Crippen LogP contribution in [0, 0.1) is 13.8 Å². The largest absolute Gasteiger partial charge is 0.383 e. The number of carbonyl (C=O) groups excluding carboxylic acids is 1. The number of amidine groups is 1. The van der Waals surface area contributed by atoms with Crippen LogP contribution in [0.15, 0.2) is 42.1 Å². The summed E-state index contributed by atoms with van der Waals surface area (Å²) in [5.41, 5.74) is 8.78. The Morgan fingerprint density at radius 2 is 2.12 bits per heavy atom. The number of aryl methyl sites for hydroxylation is 2. The number of amides is 1. The van der Waals surface area contributed by atoms with Crippen LogP contribution in [0.25, 0.3) is 0 Å². The van der Waals surface area contributed by atoms with Crippen molar-refractivity contribution in [2.75, 3.05) is 5.32 Å². The van der Waals surface area contributed by atoms with Crippen molar-refractivity contribution in [3.8, 4) is 0 Å². The molecule has 2 unspecified atom stereocenters. The standard InChI is InChI=1S/C17H23N5O2/c1-11-5-6-15(12(2)9-11)20-17(23)14(4)24-21-16(18)13(3)22-8-7-19-10-22/h5-10,13-14H,1-4H3,(H2,18,21)(H,20,23). The molecule has 0 aliphatic rings. The van der Waals surface area contributed by atoms with Crippen molar-refractivity contribution in [3.05, 3.63) is 48.0 Å². The lowest BCUT2D eigenvalue weighted by molar-refractivity contribution is -0.126. The highest BCUT2D eigenvalue weighted by molar-refractivity contribution is 5.94. The minimum Gasteiger partial charge on any atom is -0.383 e. The van der Waals surface area contributed by atoms with Gasteiger partial charge in [0.2, 0.25) is 6.10 Å². The second kappa shape index (κ2) is 7.63. The van der Waals surface area contributed by atoms with Gasteiger partial charge < -0.3 is 20.5 Å². The quantitative estimate of drug-likeness (QED) is 0.483. The first-order valence-corrected chi connectivity index (χ1v) is 7.73. The van der Waals surface area contributed by atoms with Crippen LogP contribution in [0.2, 0.25) is 0 Å². The number of anilines is 1. The van der Waals surface area contributed by atoms with E-state index in [1.54, 1.807) is 30.2 Å². The number of nitrogens with zero attached hydrogens (tertiary/aromatic N) is 3. The molecule has 0 aliphatic carbocycles. The maximum Gasteiger partial charge on any atom is 0.267 e. The first kappa shape index (κ1) is 17.5. The van der Waals surface area contributed by atoms with Gasteiger partial charge in [0.05, 0.1) is 12.4 Å². The third kappa shape index (κ3) is 4.34. The van der Waals surface area contributed by atoms with Crippen molar-refractivity contribution in [2.24, 2.45) is 10.9 Å². The molecular formula is C17H23N5O2. The fourth-order valence-electron chi connectivity index (χ4n) is 2.10. The lowest BCUT2D eigenvalue weighted by Gasteiger charge is -2.15. The Hall–Kier alpha value is -2.83. The van der Waals surface area contributed by atoms with E-state index in [0.717, 1.165) is 16.8 Å². The van der Waals surface area contributed by atoms with E-state index in [4.69, 9.17) is 10.6 Å². The second-order valence-electron chi connectivity index (χ2n) is 5.76. The average molecular weight is 329 g/mol. The Morgan fingerprint density at radius 3 is 2.75 bits per heavy atom. The fourth-order valence-corrected chi connectivity index (χ4v) is 2.10. The number of nitrogens with one attached hydrogen (secondary N) is 1. The van der Waals surface area contributed by atoms with Crippen LogP contribution in [0.5, 0.6) is 0 Å². The molecule has 2 rings (SSSR count). The summed E-state index contributed by atoms with van der Waals surface area (Å²) in [6.07, 6.45) is 4.32. The van der Waals surface area contributed by atoms with E-state index in [2.05, 4.69) is 15.5 Å². The SMILES string of the molecule is Cc1ccc(NC(=O)C(C)ON=C(N)C(C)n2ccnc2)c(C)c1. The maximum atomic E-state index is 12.2. The molecule has 7 nitrogen and oxygen atoms in total. The Kier molecular flexibility index (Phi) is 5.57. The molecule has 3 N–H and O–H groups in total. The molecule has 128 valence electrons. The molecule has 2 aromatic rings. The summed E-state index contributed by atoms with van der Waals surface area (Å²) in [6.45, 7) is 7.43. The van der Waals surface area contributed by atoms with Crippen LogP contribution in [0.1, 0.15) is 31.0 Å². The zero-order valence-electron chi connectivity index (χ0n) is 14.4. The summed E-state index contributed by atoms with van der Waals surface area (Å²) in [5.74, 6) is -0.0204. The number of oxime groups is 1. The molecule has 0 fully saturated rings. The average Bonchev–Trinajstić information content (AvgIpc) is 3.08. The van der Waals surface area contributed by atoms with Gasteiger partial charge in [0.1, 0.15) is 0 Å². The molecule has 1 aromatic carbocycles. The molecule has 1 heterocycles. The van der Waals surface area contributed by atoms with Crippen LogP contribution in [0.4, 0.5) is 5.69 Å². The molecule has 7 heteroatoms. The van der Waals surface area contributed by atoms with Crippen molar-refractivity contribution < 1.29 is 9.63 Å². The van der Waals surface area contributed by atoms with Crippen molar-refractivity contribution in [2.45, 2.75) is 39.8 Å². The van der Waals surface area contributed by atoms with E-state index >= 15 is 0 Å². The number of carbonyl (C=O) groups is 1. The first-order valence-electron chi connectivity index (χ1n) is 7.73. The Balaban J connectivity index is 1.94. The number of aromatic nitrogens is 2. The normalized spacial score (nSPS) is 14.1. The predicted octanol–water partition coefficient (Wildman–Crippen LogP) is 2.38. The third-order valence-corrected chi connectivity index (χ3v) is 3.73. The lowest BCUT2D eigenvalue weighted by Crippen LogP contribution is -2.29. The Labute approximate surface area is 141 Å². The molecular weight excluding hydrogens is 306 g/mol. The molecule has 1 aromatic heterocycles. The van der Waals surface area contributed by atoms with Gasteiger partial charge in [0.15, 0.2) is 5.84 Å². The van der Waals surface area contributed by atoms with E-state index in [0.29, 0.717) is 0 Å². The molecule has 0 saturated heterocycles. The van der Waals surface area contributed by atoms with Crippen molar-refractivity contribution in [1.82, 2.24) is 9.55 Å². The zero-order chi connectivity index (χ0) is 17.7. The van der Waals surface area contributed by atoms with Gasteiger partial charge in [-0.05, 0) is 39.3 Å². The van der Waals surface area contributed by atoms with Crippen molar-refractivity contribution in [1.29, 1.82) is 0 Å². The van der Waals surface area contributed by atoms with Gasteiger partial charge >= 0.3 is 0 Å². The molecule has 0 spiro atoms. The number of benzene rings is 1. The minimum atomic E-state index is -0.765. The van der Waals surface area contributed by atoms with E-state index in [-0.39, 0.29) is 17.8 Å². The third-order valence-electron chi connectivity index (χ3n) is 3.73. The molecule has 24 heavy (non-hydrogen) atoms. The van der Waals surface area contributed by atoms with Gasteiger partial charge in [0.25, 0.3) is 5.91 Å². The zero-order valence-corrected chi connectivity index (χ0v) is 14.4. The highest BCUT2D eigenvalue weighted by atomic mass is 16.6. The van der Waals surface area contributed by atoms with Gasteiger partial charge in [-0.15, -0.1) is 0 Å².